The number of thiophene rings is 1. The standard InChI is InChI=1S/C9H10BrNOS/c1-3-4-11-9(12)7-5-13-8(10)6(7)2/h3,5H,1,4H2,2H3,(H,11,12). The highest BCUT2D eigenvalue weighted by Crippen LogP contribution is 2.26. The average Bonchev–Trinajstić information content (AvgIpc) is 2.44. The third kappa shape index (κ3) is 2.42. The highest BCUT2D eigenvalue weighted by Gasteiger charge is 2.11. The van der Waals surface area contributed by atoms with Crippen LogP contribution in [-0.2, 0) is 0 Å². The Labute approximate surface area is 89.8 Å². The van der Waals surface area contributed by atoms with Gasteiger partial charge in [0.05, 0.1) is 9.35 Å². The van der Waals surface area contributed by atoms with Crippen LogP contribution in [0.15, 0.2) is 21.8 Å². The molecule has 1 N–H and O–H groups in total. The number of amides is 1. The molecule has 4 heteroatoms. The summed E-state index contributed by atoms with van der Waals surface area (Å²) in [5.41, 5.74) is 1.73. The molecule has 0 spiro atoms. The van der Waals surface area contributed by atoms with Gasteiger partial charge in [0.2, 0.25) is 0 Å². The van der Waals surface area contributed by atoms with Gasteiger partial charge in [0.1, 0.15) is 0 Å². The summed E-state index contributed by atoms with van der Waals surface area (Å²) in [4.78, 5) is 11.5. The molecule has 1 rings (SSSR count). The van der Waals surface area contributed by atoms with Crippen LogP contribution in [0.4, 0.5) is 0 Å². The molecule has 13 heavy (non-hydrogen) atoms. The lowest BCUT2D eigenvalue weighted by Gasteiger charge is -2.00. The first-order valence-corrected chi connectivity index (χ1v) is 5.46. The van der Waals surface area contributed by atoms with Gasteiger partial charge in [-0.25, -0.2) is 0 Å². The van der Waals surface area contributed by atoms with Gasteiger partial charge in [-0.2, -0.15) is 0 Å². The Morgan fingerprint density at radius 1 is 1.85 bits per heavy atom. The fraction of sp³-hybridized carbons (Fsp3) is 0.222. The van der Waals surface area contributed by atoms with Gasteiger partial charge in [-0.05, 0) is 28.4 Å². The van der Waals surface area contributed by atoms with E-state index >= 15 is 0 Å². The second-order valence-corrected chi connectivity index (χ2v) is 4.74. The highest BCUT2D eigenvalue weighted by molar-refractivity contribution is 9.11. The van der Waals surface area contributed by atoms with Gasteiger partial charge in [0.25, 0.3) is 5.91 Å². The van der Waals surface area contributed by atoms with Gasteiger partial charge in [-0.3, -0.25) is 4.79 Å². The summed E-state index contributed by atoms with van der Waals surface area (Å²) < 4.78 is 1.01. The maximum atomic E-state index is 11.5. The number of rotatable bonds is 3. The number of carbonyl (C=O) groups is 1. The molecule has 0 unspecified atom stereocenters. The molecule has 0 saturated heterocycles. The van der Waals surface area contributed by atoms with E-state index in [1.54, 1.807) is 6.08 Å². The maximum Gasteiger partial charge on any atom is 0.252 e. The molecule has 0 aliphatic carbocycles. The minimum Gasteiger partial charge on any atom is -0.349 e. The molecule has 0 aromatic carbocycles. The van der Waals surface area contributed by atoms with Gasteiger partial charge in [-0.1, -0.05) is 6.08 Å². The average molecular weight is 260 g/mol. The third-order valence-electron chi connectivity index (χ3n) is 1.63. The normalized spacial score (nSPS) is 9.69. The number of halogens is 1. The van der Waals surface area contributed by atoms with E-state index in [4.69, 9.17) is 0 Å². The first-order valence-electron chi connectivity index (χ1n) is 3.79. The molecule has 0 aliphatic rings. The van der Waals surface area contributed by atoms with E-state index in [2.05, 4.69) is 27.8 Å². The van der Waals surface area contributed by atoms with Crippen molar-refractivity contribution in [1.82, 2.24) is 5.32 Å². The summed E-state index contributed by atoms with van der Waals surface area (Å²) >= 11 is 4.89. The Morgan fingerprint density at radius 2 is 2.54 bits per heavy atom. The molecule has 0 atom stereocenters. The molecule has 0 saturated carbocycles. The van der Waals surface area contributed by atoms with Crippen molar-refractivity contribution in [3.8, 4) is 0 Å². The molecule has 0 radical (unpaired) electrons. The lowest BCUT2D eigenvalue weighted by Crippen LogP contribution is -2.23. The van der Waals surface area contributed by atoms with E-state index < -0.39 is 0 Å². The van der Waals surface area contributed by atoms with Crippen molar-refractivity contribution >= 4 is 33.2 Å². The Balaban J connectivity index is 2.77. The molecular formula is C9H10BrNOS. The van der Waals surface area contributed by atoms with Crippen molar-refractivity contribution in [3.05, 3.63) is 32.9 Å². The predicted octanol–water partition coefficient (Wildman–Crippen LogP) is 2.73. The second kappa shape index (κ2) is 4.58. The van der Waals surface area contributed by atoms with Gasteiger partial charge in [0.15, 0.2) is 0 Å². The van der Waals surface area contributed by atoms with Crippen molar-refractivity contribution in [2.75, 3.05) is 6.54 Å². The van der Waals surface area contributed by atoms with Crippen molar-refractivity contribution in [3.63, 3.8) is 0 Å². The number of hydrogen-bond donors (Lipinski definition) is 1. The van der Waals surface area contributed by atoms with E-state index in [1.807, 2.05) is 12.3 Å². The first kappa shape index (κ1) is 10.5. The fourth-order valence-electron chi connectivity index (χ4n) is 0.877. The van der Waals surface area contributed by atoms with E-state index in [-0.39, 0.29) is 5.91 Å². The quantitative estimate of drug-likeness (QED) is 0.832. The largest absolute Gasteiger partial charge is 0.349 e. The summed E-state index contributed by atoms with van der Waals surface area (Å²) in [7, 11) is 0. The Kier molecular flexibility index (Phi) is 3.69. The van der Waals surface area contributed by atoms with Crippen molar-refractivity contribution in [1.29, 1.82) is 0 Å². The molecule has 1 amide bonds. The van der Waals surface area contributed by atoms with Crippen molar-refractivity contribution < 1.29 is 4.79 Å². The summed E-state index contributed by atoms with van der Waals surface area (Å²) in [6.07, 6.45) is 1.66. The number of hydrogen-bond acceptors (Lipinski definition) is 2. The van der Waals surface area contributed by atoms with Gasteiger partial charge in [0, 0.05) is 11.9 Å². The van der Waals surface area contributed by atoms with Crippen LogP contribution in [0.1, 0.15) is 15.9 Å². The lowest BCUT2D eigenvalue weighted by molar-refractivity contribution is 0.0958. The SMILES string of the molecule is C=CCNC(=O)c1csc(Br)c1C. The Bertz CT molecular complexity index is 332. The van der Waals surface area contributed by atoms with Crippen LogP contribution >= 0.6 is 27.3 Å². The summed E-state index contributed by atoms with van der Waals surface area (Å²) in [6, 6.07) is 0. The van der Waals surface area contributed by atoms with Gasteiger partial charge in [-0.15, -0.1) is 17.9 Å². The fourth-order valence-corrected chi connectivity index (χ4v) is 2.16. The molecule has 0 aliphatic heterocycles. The first-order chi connectivity index (χ1) is 6.16. The van der Waals surface area contributed by atoms with Crippen molar-refractivity contribution in [2.24, 2.45) is 0 Å². The molecule has 1 heterocycles. The van der Waals surface area contributed by atoms with Crippen LogP contribution < -0.4 is 5.32 Å². The van der Waals surface area contributed by atoms with E-state index in [0.29, 0.717) is 6.54 Å². The molecule has 0 fully saturated rings. The monoisotopic (exact) mass is 259 g/mol. The third-order valence-corrected chi connectivity index (χ3v) is 3.65. The molecule has 0 bridgehead atoms. The molecule has 70 valence electrons. The summed E-state index contributed by atoms with van der Waals surface area (Å²) in [5, 5.41) is 4.58. The second-order valence-electron chi connectivity index (χ2n) is 2.55. The van der Waals surface area contributed by atoms with Gasteiger partial charge < -0.3 is 5.32 Å². The van der Waals surface area contributed by atoms with Crippen LogP contribution in [0.5, 0.6) is 0 Å². The van der Waals surface area contributed by atoms with E-state index in [9.17, 15) is 4.79 Å². The highest BCUT2D eigenvalue weighted by atomic mass is 79.9. The van der Waals surface area contributed by atoms with Crippen LogP contribution in [0, 0.1) is 6.92 Å². The zero-order chi connectivity index (χ0) is 9.84. The van der Waals surface area contributed by atoms with Crippen LogP contribution in [0.3, 0.4) is 0 Å². The molecule has 1 aromatic rings. The minimum absolute atomic E-state index is 0.0423. The number of nitrogens with one attached hydrogen (secondary N) is 1. The molecule has 1 aromatic heterocycles. The lowest BCUT2D eigenvalue weighted by atomic mass is 10.2. The van der Waals surface area contributed by atoms with Gasteiger partial charge >= 0.3 is 0 Å². The number of carbonyl (C=O) groups excluding carboxylic acids is 1. The van der Waals surface area contributed by atoms with Crippen molar-refractivity contribution in [2.45, 2.75) is 6.92 Å². The topological polar surface area (TPSA) is 29.1 Å². The predicted molar refractivity (Wildman–Crippen MR) is 59.3 cm³/mol. The zero-order valence-corrected chi connectivity index (χ0v) is 9.67. The van der Waals surface area contributed by atoms with Crippen LogP contribution in [0.25, 0.3) is 0 Å². The minimum atomic E-state index is -0.0423. The Hall–Kier alpha value is -0.610. The van der Waals surface area contributed by atoms with Crippen LogP contribution in [0.2, 0.25) is 0 Å². The zero-order valence-electron chi connectivity index (χ0n) is 7.26. The Morgan fingerprint density at radius 3 is 3.00 bits per heavy atom. The van der Waals surface area contributed by atoms with Crippen LogP contribution in [-0.4, -0.2) is 12.5 Å². The van der Waals surface area contributed by atoms with E-state index in [0.717, 1.165) is 14.9 Å². The van der Waals surface area contributed by atoms with E-state index in [1.165, 1.54) is 11.3 Å². The molecular weight excluding hydrogens is 250 g/mol. The summed E-state index contributed by atoms with van der Waals surface area (Å²) in [5.74, 6) is -0.0423. The molecule has 2 nitrogen and oxygen atoms in total. The summed E-state index contributed by atoms with van der Waals surface area (Å²) in [6.45, 7) is 5.96. The maximum absolute atomic E-state index is 11.5. The smallest absolute Gasteiger partial charge is 0.252 e.